The second-order valence-electron chi connectivity index (χ2n) is 3.71. The lowest BCUT2D eigenvalue weighted by Crippen LogP contribution is -2.16. The Labute approximate surface area is 95.6 Å². The van der Waals surface area contributed by atoms with Gasteiger partial charge < -0.3 is 10.2 Å². The van der Waals surface area contributed by atoms with E-state index in [1.54, 1.807) is 7.11 Å². The Morgan fingerprint density at radius 1 is 1.12 bits per heavy atom. The van der Waals surface area contributed by atoms with Crippen LogP contribution in [0.5, 0.6) is 5.75 Å². The molecule has 3 nitrogen and oxygen atoms in total. The summed E-state index contributed by atoms with van der Waals surface area (Å²) in [7, 11) is 1.68. The molecule has 0 amide bonds. The average molecular weight is 216 g/mol. The van der Waals surface area contributed by atoms with E-state index in [1.807, 2.05) is 41.3 Å². The Hall–Kier alpha value is -1.90. The first-order chi connectivity index (χ1) is 7.79. The minimum Gasteiger partial charge on any atom is -0.497 e. The standard InChI is InChI=1S/C13H16N2O/c1-11(14-15-9-3-4-10-15)12-5-7-13(16-2)8-6-12/h3-11,14H,1-2H3. The Kier molecular flexibility index (Phi) is 3.15. The molecule has 0 aliphatic heterocycles. The smallest absolute Gasteiger partial charge is 0.118 e. The molecule has 0 fully saturated rings. The van der Waals surface area contributed by atoms with Gasteiger partial charge in [-0.15, -0.1) is 0 Å². The van der Waals surface area contributed by atoms with Crippen LogP contribution in [0.4, 0.5) is 0 Å². The molecule has 1 atom stereocenters. The maximum Gasteiger partial charge on any atom is 0.118 e. The Morgan fingerprint density at radius 2 is 1.75 bits per heavy atom. The highest BCUT2D eigenvalue weighted by molar-refractivity contribution is 5.29. The third-order valence-electron chi connectivity index (χ3n) is 2.56. The summed E-state index contributed by atoms with van der Waals surface area (Å²) in [4.78, 5) is 0. The number of methoxy groups -OCH3 is 1. The van der Waals surface area contributed by atoms with E-state index in [0.717, 1.165) is 5.75 Å². The molecule has 2 aromatic rings. The van der Waals surface area contributed by atoms with Crippen LogP contribution in [-0.2, 0) is 0 Å². The van der Waals surface area contributed by atoms with Crippen LogP contribution in [0.15, 0.2) is 48.8 Å². The van der Waals surface area contributed by atoms with Crippen LogP contribution in [0.2, 0.25) is 0 Å². The third kappa shape index (κ3) is 2.37. The van der Waals surface area contributed by atoms with Crippen molar-refractivity contribution in [2.45, 2.75) is 13.0 Å². The van der Waals surface area contributed by atoms with E-state index in [2.05, 4.69) is 24.5 Å². The van der Waals surface area contributed by atoms with E-state index in [1.165, 1.54) is 5.56 Å². The fourth-order valence-electron chi connectivity index (χ4n) is 1.61. The van der Waals surface area contributed by atoms with Crippen LogP contribution < -0.4 is 10.2 Å². The summed E-state index contributed by atoms with van der Waals surface area (Å²) in [6.07, 6.45) is 3.97. The zero-order valence-electron chi connectivity index (χ0n) is 9.55. The van der Waals surface area contributed by atoms with Gasteiger partial charge >= 0.3 is 0 Å². The second-order valence-corrected chi connectivity index (χ2v) is 3.71. The highest BCUT2D eigenvalue weighted by atomic mass is 16.5. The van der Waals surface area contributed by atoms with E-state index in [4.69, 9.17) is 4.74 Å². The summed E-state index contributed by atoms with van der Waals surface area (Å²) in [5, 5.41) is 0. The van der Waals surface area contributed by atoms with Gasteiger partial charge in [0.05, 0.1) is 13.2 Å². The summed E-state index contributed by atoms with van der Waals surface area (Å²) in [6.45, 7) is 2.13. The van der Waals surface area contributed by atoms with Crippen LogP contribution >= 0.6 is 0 Å². The van der Waals surface area contributed by atoms with Crippen LogP contribution in [0.1, 0.15) is 18.5 Å². The number of ether oxygens (including phenoxy) is 1. The average Bonchev–Trinajstić information content (AvgIpc) is 2.82. The zero-order chi connectivity index (χ0) is 11.4. The molecule has 16 heavy (non-hydrogen) atoms. The minimum absolute atomic E-state index is 0.262. The molecule has 84 valence electrons. The van der Waals surface area contributed by atoms with Crippen LogP contribution in [0.3, 0.4) is 0 Å². The largest absolute Gasteiger partial charge is 0.497 e. The lowest BCUT2D eigenvalue weighted by atomic mass is 10.1. The zero-order valence-corrected chi connectivity index (χ0v) is 9.55. The minimum atomic E-state index is 0.262. The van der Waals surface area contributed by atoms with Crippen molar-refractivity contribution >= 4 is 0 Å². The molecule has 0 aliphatic carbocycles. The normalized spacial score (nSPS) is 12.1. The van der Waals surface area contributed by atoms with Crippen LogP contribution in [-0.4, -0.2) is 11.8 Å². The number of hydrogen-bond donors (Lipinski definition) is 1. The summed E-state index contributed by atoms with van der Waals surface area (Å²) < 4.78 is 7.08. The van der Waals surface area contributed by atoms with E-state index in [-0.39, 0.29) is 6.04 Å². The molecule has 0 saturated heterocycles. The maximum absolute atomic E-state index is 5.13. The number of nitrogens with zero attached hydrogens (tertiary/aromatic N) is 1. The molecule has 3 heteroatoms. The molecule has 0 spiro atoms. The molecule has 1 N–H and O–H groups in total. The molecule has 0 aliphatic rings. The summed E-state index contributed by atoms with van der Waals surface area (Å²) >= 11 is 0. The van der Waals surface area contributed by atoms with Gasteiger partial charge in [-0.05, 0) is 36.8 Å². The number of benzene rings is 1. The highest BCUT2D eigenvalue weighted by Gasteiger charge is 2.04. The van der Waals surface area contributed by atoms with E-state index >= 15 is 0 Å². The molecule has 0 saturated carbocycles. The topological polar surface area (TPSA) is 26.2 Å². The SMILES string of the molecule is COc1ccc(C(C)Nn2cccc2)cc1. The van der Waals surface area contributed by atoms with E-state index in [9.17, 15) is 0 Å². The van der Waals surface area contributed by atoms with Gasteiger partial charge in [-0.2, -0.15) is 0 Å². The molecule has 1 aromatic carbocycles. The molecule has 0 bridgehead atoms. The van der Waals surface area contributed by atoms with Gasteiger partial charge in [-0.3, -0.25) is 4.68 Å². The fourth-order valence-corrected chi connectivity index (χ4v) is 1.61. The Bertz CT molecular complexity index is 420. The fraction of sp³-hybridized carbons (Fsp3) is 0.231. The van der Waals surface area contributed by atoms with Crippen LogP contribution in [0.25, 0.3) is 0 Å². The first-order valence-corrected chi connectivity index (χ1v) is 5.33. The second kappa shape index (κ2) is 4.75. The lowest BCUT2D eigenvalue weighted by molar-refractivity contribution is 0.414. The summed E-state index contributed by atoms with van der Waals surface area (Å²) in [5.74, 6) is 0.886. The van der Waals surface area contributed by atoms with Gasteiger partial charge in [-0.25, -0.2) is 0 Å². The molecular formula is C13H16N2O. The lowest BCUT2D eigenvalue weighted by Gasteiger charge is -2.16. The highest BCUT2D eigenvalue weighted by Crippen LogP contribution is 2.17. The van der Waals surface area contributed by atoms with Crippen molar-refractivity contribution < 1.29 is 4.74 Å². The van der Waals surface area contributed by atoms with Crippen molar-refractivity contribution in [2.24, 2.45) is 0 Å². The number of rotatable bonds is 4. The van der Waals surface area contributed by atoms with Gasteiger partial charge in [-0.1, -0.05) is 12.1 Å². The van der Waals surface area contributed by atoms with Gasteiger partial charge in [0.2, 0.25) is 0 Å². The van der Waals surface area contributed by atoms with Gasteiger partial charge in [0.1, 0.15) is 5.75 Å². The maximum atomic E-state index is 5.13. The number of nitrogens with one attached hydrogen (secondary N) is 1. The molecular weight excluding hydrogens is 200 g/mol. The first-order valence-electron chi connectivity index (χ1n) is 5.33. The van der Waals surface area contributed by atoms with Crippen molar-refractivity contribution in [3.63, 3.8) is 0 Å². The molecule has 0 radical (unpaired) electrons. The summed E-state index contributed by atoms with van der Waals surface area (Å²) in [5.41, 5.74) is 4.58. The number of aromatic nitrogens is 1. The quantitative estimate of drug-likeness (QED) is 0.850. The molecule has 1 heterocycles. The van der Waals surface area contributed by atoms with Crippen molar-refractivity contribution in [3.05, 3.63) is 54.4 Å². The van der Waals surface area contributed by atoms with E-state index < -0.39 is 0 Å². The monoisotopic (exact) mass is 216 g/mol. The van der Waals surface area contributed by atoms with Gasteiger partial charge in [0.25, 0.3) is 0 Å². The molecule has 1 aromatic heterocycles. The van der Waals surface area contributed by atoms with E-state index in [0.29, 0.717) is 0 Å². The van der Waals surface area contributed by atoms with Crippen molar-refractivity contribution in [1.29, 1.82) is 0 Å². The third-order valence-corrected chi connectivity index (χ3v) is 2.56. The van der Waals surface area contributed by atoms with Gasteiger partial charge in [0.15, 0.2) is 0 Å². The first kappa shape index (κ1) is 10.6. The predicted octanol–water partition coefficient (Wildman–Crippen LogP) is 2.80. The van der Waals surface area contributed by atoms with Crippen molar-refractivity contribution in [1.82, 2.24) is 4.68 Å². The molecule has 2 rings (SSSR count). The summed E-state index contributed by atoms with van der Waals surface area (Å²) in [6, 6.07) is 12.3. The van der Waals surface area contributed by atoms with Gasteiger partial charge in [0, 0.05) is 12.4 Å². The van der Waals surface area contributed by atoms with Crippen molar-refractivity contribution in [3.8, 4) is 5.75 Å². The Balaban J connectivity index is 2.05. The molecule has 1 unspecified atom stereocenters. The van der Waals surface area contributed by atoms with Crippen LogP contribution in [0, 0.1) is 0 Å². The van der Waals surface area contributed by atoms with Crippen molar-refractivity contribution in [2.75, 3.05) is 12.5 Å². The number of hydrogen-bond acceptors (Lipinski definition) is 2. The Morgan fingerprint density at radius 3 is 2.31 bits per heavy atom. The predicted molar refractivity (Wildman–Crippen MR) is 65.2 cm³/mol.